The molecule has 0 aromatic heterocycles. The normalized spacial score (nSPS) is 24.5. The zero-order chi connectivity index (χ0) is 14.1. The van der Waals surface area contributed by atoms with Crippen molar-refractivity contribution in [1.29, 1.82) is 0 Å². The van der Waals surface area contributed by atoms with Crippen molar-refractivity contribution in [2.24, 2.45) is 0 Å². The molecule has 1 unspecified atom stereocenters. The van der Waals surface area contributed by atoms with Crippen LogP contribution in [0.4, 0.5) is 0 Å². The van der Waals surface area contributed by atoms with Gasteiger partial charge < -0.3 is 18.9 Å². The van der Waals surface area contributed by atoms with Gasteiger partial charge in [-0.15, -0.1) is 0 Å². The van der Waals surface area contributed by atoms with E-state index >= 15 is 0 Å². The third-order valence-corrected chi connectivity index (χ3v) is 3.62. The zero-order valence-corrected chi connectivity index (χ0v) is 12.3. The van der Waals surface area contributed by atoms with Crippen molar-refractivity contribution in [2.75, 3.05) is 21.3 Å². The predicted molar refractivity (Wildman–Crippen MR) is 71.7 cm³/mol. The minimum atomic E-state index is -0.638. The Hall–Kier alpha value is -0.940. The summed E-state index contributed by atoms with van der Waals surface area (Å²) in [7, 11) is 5.05. The van der Waals surface area contributed by atoms with Gasteiger partial charge in [-0.3, -0.25) is 0 Å². The first-order valence-electron chi connectivity index (χ1n) is 6.36. The summed E-state index contributed by atoms with van der Waals surface area (Å²) in [4.78, 5) is 0. The van der Waals surface area contributed by atoms with E-state index in [1.54, 1.807) is 21.3 Å². The summed E-state index contributed by atoms with van der Waals surface area (Å²) in [6.07, 6.45) is 0. The molecule has 1 fully saturated rings. The maximum absolute atomic E-state index is 5.77. The van der Waals surface area contributed by atoms with Gasteiger partial charge in [-0.25, -0.2) is 0 Å². The number of hydrogen-bond donors (Lipinski definition) is 0. The molecule has 0 spiro atoms. The van der Waals surface area contributed by atoms with Crippen molar-refractivity contribution >= 4 is 0 Å². The summed E-state index contributed by atoms with van der Waals surface area (Å²) in [5.41, 5.74) is 2.95. The van der Waals surface area contributed by atoms with E-state index in [-0.39, 0.29) is 5.60 Å². The number of hydrogen-bond acceptors (Lipinski definition) is 4. The van der Waals surface area contributed by atoms with E-state index in [4.69, 9.17) is 18.9 Å². The molecular formula is C15H22O4. The summed E-state index contributed by atoms with van der Waals surface area (Å²) in [5.74, 6) is -0.638. The van der Waals surface area contributed by atoms with Gasteiger partial charge in [0, 0.05) is 26.9 Å². The van der Waals surface area contributed by atoms with Crippen LogP contribution in [0, 0.1) is 0 Å². The van der Waals surface area contributed by atoms with Gasteiger partial charge in [-0.05, 0) is 31.0 Å². The van der Waals surface area contributed by atoms with Gasteiger partial charge in [0.25, 0.3) is 0 Å². The van der Waals surface area contributed by atoms with Crippen molar-refractivity contribution in [2.45, 2.75) is 38.4 Å². The molecular weight excluding hydrogens is 244 g/mol. The first-order chi connectivity index (χ1) is 9.00. The SMILES string of the molecule is COCc1ccc(C2(OC)OC2(C)C)cc1COC. The summed E-state index contributed by atoms with van der Waals surface area (Å²) in [6, 6.07) is 6.16. The Morgan fingerprint density at radius 2 is 1.58 bits per heavy atom. The van der Waals surface area contributed by atoms with E-state index in [1.807, 2.05) is 26.0 Å². The van der Waals surface area contributed by atoms with Gasteiger partial charge in [0.15, 0.2) is 0 Å². The molecule has 1 aliphatic heterocycles. The van der Waals surface area contributed by atoms with Gasteiger partial charge >= 0.3 is 0 Å². The van der Waals surface area contributed by atoms with E-state index < -0.39 is 5.79 Å². The highest BCUT2D eigenvalue weighted by Gasteiger charge is 2.66. The van der Waals surface area contributed by atoms with E-state index in [1.165, 1.54) is 0 Å². The Morgan fingerprint density at radius 3 is 2.05 bits per heavy atom. The third kappa shape index (κ3) is 2.41. The van der Waals surface area contributed by atoms with E-state index in [0.717, 1.165) is 16.7 Å². The lowest BCUT2D eigenvalue weighted by atomic mass is 9.95. The van der Waals surface area contributed by atoms with Crippen LogP contribution in [0.1, 0.15) is 30.5 Å². The van der Waals surface area contributed by atoms with Crippen LogP contribution in [0.5, 0.6) is 0 Å². The maximum atomic E-state index is 5.77. The highest BCUT2D eigenvalue weighted by molar-refractivity contribution is 5.37. The van der Waals surface area contributed by atoms with Crippen LogP contribution in [0.15, 0.2) is 18.2 Å². The highest BCUT2D eigenvalue weighted by Crippen LogP contribution is 2.55. The molecule has 1 aromatic carbocycles. The summed E-state index contributed by atoms with van der Waals surface area (Å²) in [6.45, 7) is 5.17. The molecule has 106 valence electrons. The van der Waals surface area contributed by atoms with Gasteiger partial charge in [-0.1, -0.05) is 12.1 Å². The molecule has 0 aliphatic carbocycles. The topological polar surface area (TPSA) is 40.2 Å². The van der Waals surface area contributed by atoms with Crippen LogP contribution in [-0.4, -0.2) is 26.9 Å². The van der Waals surface area contributed by atoms with Crippen molar-refractivity contribution in [3.05, 3.63) is 34.9 Å². The van der Waals surface area contributed by atoms with Crippen LogP contribution in [0.25, 0.3) is 0 Å². The molecule has 2 rings (SSSR count). The van der Waals surface area contributed by atoms with Crippen LogP contribution in [0.2, 0.25) is 0 Å². The number of rotatable bonds is 6. The van der Waals surface area contributed by atoms with Gasteiger partial charge in [0.1, 0.15) is 5.60 Å². The maximum Gasteiger partial charge on any atom is 0.225 e. The van der Waals surface area contributed by atoms with Gasteiger partial charge in [0.05, 0.1) is 13.2 Å². The lowest BCUT2D eigenvalue weighted by Crippen LogP contribution is -2.21. The molecule has 0 bridgehead atoms. The van der Waals surface area contributed by atoms with Crippen molar-refractivity contribution in [3.63, 3.8) is 0 Å². The minimum absolute atomic E-state index is 0.297. The predicted octanol–water partition coefficient (Wildman–Crippen LogP) is 2.59. The second-order valence-corrected chi connectivity index (χ2v) is 5.28. The zero-order valence-electron chi connectivity index (χ0n) is 12.3. The molecule has 1 aromatic rings. The largest absolute Gasteiger partial charge is 0.380 e. The Labute approximate surface area is 114 Å². The molecule has 4 nitrogen and oxygen atoms in total. The standard InChI is InChI=1S/C15H22O4/c1-14(2)15(18-5,19-14)13-7-6-11(9-16-3)12(8-13)10-17-4/h6-8H,9-10H2,1-5H3. The lowest BCUT2D eigenvalue weighted by Gasteiger charge is -2.17. The molecule has 0 saturated carbocycles. The molecule has 1 saturated heterocycles. The molecule has 0 amide bonds. The molecule has 0 radical (unpaired) electrons. The molecule has 0 N–H and O–H groups in total. The summed E-state index contributed by atoms with van der Waals surface area (Å²) >= 11 is 0. The summed E-state index contributed by atoms with van der Waals surface area (Å²) < 4.78 is 21.8. The Bertz CT molecular complexity index is 455. The second-order valence-electron chi connectivity index (χ2n) is 5.28. The van der Waals surface area contributed by atoms with Crippen LogP contribution < -0.4 is 0 Å². The number of benzene rings is 1. The number of ether oxygens (including phenoxy) is 4. The van der Waals surface area contributed by atoms with E-state index in [0.29, 0.717) is 13.2 Å². The Morgan fingerprint density at radius 1 is 1.00 bits per heavy atom. The molecule has 1 atom stereocenters. The van der Waals surface area contributed by atoms with Crippen LogP contribution in [0.3, 0.4) is 0 Å². The monoisotopic (exact) mass is 266 g/mol. The first kappa shape index (κ1) is 14.5. The Kier molecular flexibility index (Phi) is 3.97. The fourth-order valence-electron chi connectivity index (χ4n) is 2.56. The number of methoxy groups -OCH3 is 3. The first-order valence-corrected chi connectivity index (χ1v) is 6.36. The second kappa shape index (κ2) is 5.21. The quantitative estimate of drug-likeness (QED) is 0.742. The average Bonchev–Trinajstić information content (AvgIpc) is 2.96. The average molecular weight is 266 g/mol. The van der Waals surface area contributed by atoms with Gasteiger partial charge in [0.2, 0.25) is 5.79 Å². The summed E-state index contributed by atoms with van der Waals surface area (Å²) in [5, 5.41) is 0. The van der Waals surface area contributed by atoms with Crippen LogP contribution in [-0.2, 0) is 37.9 Å². The lowest BCUT2D eigenvalue weighted by molar-refractivity contribution is -0.0149. The van der Waals surface area contributed by atoms with E-state index in [2.05, 4.69) is 6.07 Å². The molecule has 4 heteroatoms. The fraction of sp³-hybridized carbons (Fsp3) is 0.600. The van der Waals surface area contributed by atoms with Crippen molar-refractivity contribution < 1.29 is 18.9 Å². The van der Waals surface area contributed by atoms with Crippen molar-refractivity contribution in [3.8, 4) is 0 Å². The van der Waals surface area contributed by atoms with Crippen LogP contribution >= 0.6 is 0 Å². The van der Waals surface area contributed by atoms with Crippen molar-refractivity contribution in [1.82, 2.24) is 0 Å². The third-order valence-electron chi connectivity index (χ3n) is 3.62. The smallest absolute Gasteiger partial charge is 0.225 e. The fourth-order valence-corrected chi connectivity index (χ4v) is 2.56. The molecule has 1 heterocycles. The molecule has 1 aliphatic rings. The minimum Gasteiger partial charge on any atom is -0.380 e. The highest BCUT2D eigenvalue weighted by atomic mass is 16.8. The van der Waals surface area contributed by atoms with E-state index in [9.17, 15) is 0 Å². The van der Waals surface area contributed by atoms with Gasteiger partial charge in [-0.2, -0.15) is 0 Å². The number of epoxide rings is 1. The molecule has 19 heavy (non-hydrogen) atoms. The Balaban J connectivity index is 2.36.